The lowest BCUT2D eigenvalue weighted by atomic mass is 10.1. The van der Waals surface area contributed by atoms with E-state index in [2.05, 4.69) is 43.8 Å². The maximum Gasteiger partial charge on any atom is 0.240 e. The summed E-state index contributed by atoms with van der Waals surface area (Å²) in [6, 6.07) is 19.2. The Labute approximate surface area is 202 Å². The van der Waals surface area contributed by atoms with Gasteiger partial charge in [-0.15, -0.1) is 0 Å². The number of ether oxygens (including phenoxy) is 1. The number of sulfonamides is 1. The van der Waals surface area contributed by atoms with E-state index in [1.54, 1.807) is 31.5 Å². The number of nitrogens with zero attached hydrogens (tertiary/aromatic N) is 3. The molecule has 1 aliphatic rings. The van der Waals surface area contributed by atoms with Crippen molar-refractivity contribution in [2.24, 2.45) is 0 Å². The lowest BCUT2D eigenvalue weighted by Crippen LogP contribution is -2.49. The molecule has 0 amide bonds. The Morgan fingerprint density at radius 1 is 1.03 bits per heavy atom. The second kappa shape index (κ2) is 11.1. The normalized spacial score (nSPS) is 16.3. The van der Waals surface area contributed by atoms with Gasteiger partial charge in [0.05, 0.1) is 12.0 Å². The summed E-state index contributed by atoms with van der Waals surface area (Å²) >= 11 is 0. The van der Waals surface area contributed by atoms with Crippen LogP contribution >= 0.6 is 0 Å². The number of pyridine rings is 1. The fourth-order valence-electron chi connectivity index (χ4n) is 4.40. The molecule has 8 heteroatoms. The maximum absolute atomic E-state index is 13.1. The van der Waals surface area contributed by atoms with E-state index in [0.717, 1.165) is 43.9 Å². The molecule has 1 aromatic heterocycles. The Balaban J connectivity index is 1.44. The Kier molecular flexibility index (Phi) is 7.95. The quantitative estimate of drug-likeness (QED) is 0.507. The maximum atomic E-state index is 13.1. The van der Waals surface area contributed by atoms with Crippen LogP contribution in [0.5, 0.6) is 5.75 Å². The van der Waals surface area contributed by atoms with Gasteiger partial charge < -0.3 is 4.74 Å². The van der Waals surface area contributed by atoms with Crippen LogP contribution in [0.3, 0.4) is 0 Å². The van der Waals surface area contributed by atoms with E-state index in [1.165, 1.54) is 5.56 Å². The van der Waals surface area contributed by atoms with Gasteiger partial charge in [0.1, 0.15) is 5.75 Å². The molecular weight excluding hydrogens is 448 g/mol. The molecule has 2 aromatic carbocycles. The van der Waals surface area contributed by atoms with Crippen LogP contribution in [0, 0.1) is 6.92 Å². The average Bonchev–Trinajstić information content (AvgIpc) is 2.86. The SMILES string of the molecule is COc1ccc(S(=O)(=O)NC[C@@H](c2cccnc2)N2CCN(Cc3ccccc3)CC2)cc1C. The molecule has 0 unspecified atom stereocenters. The van der Waals surface area contributed by atoms with Gasteiger partial charge in [0.15, 0.2) is 0 Å². The summed E-state index contributed by atoms with van der Waals surface area (Å²) in [5, 5.41) is 0. The van der Waals surface area contributed by atoms with E-state index >= 15 is 0 Å². The van der Waals surface area contributed by atoms with E-state index in [4.69, 9.17) is 4.74 Å². The zero-order valence-electron chi connectivity index (χ0n) is 19.7. The highest BCUT2D eigenvalue weighted by molar-refractivity contribution is 7.89. The highest BCUT2D eigenvalue weighted by Crippen LogP contribution is 2.24. The molecule has 34 heavy (non-hydrogen) atoms. The third kappa shape index (κ3) is 6.01. The van der Waals surface area contributed by atoms with Gasteiger partial charge in [-0.2, -0.15) is 0 Å². The van der Waals surface area contributed by atoms with Crippen LogP contribution in [-0.4, -0.2) is 63.0 Å². The van der Waals surface area contributed by atoms with E-state index in [9.17, 15) is 8.42 Å². The molecule has 0 bridgehead atoms. The average molecular weight is 481 g/mol. The highest BCUT2D eigenvalue weighted by atomic mass is 32.2. The Bertz CT molecular complexity index is 1170. The van der Waals surface area contributed by atoms with Crippen molar-refractivity contribution in [3.63, 3.8) is 0 Å². The third-order valence-corrected chi connectivity index (χ3v) is 7.73. The molecule has 0 radical (unpaired) electrons. The van der Waals surface area contributed by atoms with Crippen molar-refractivity contribution in [3.8, 4) is 5.75 Å². The Morgan fingerprint density at radius 2 is 1.79 bits per heavy atom. The van der Waals surface area contributed by atoms with Gasteiger partial charge in [0.25, 0.3) is 0 Å². The van der Waals surface area contributed by atoms with Crippen LogP contribution in [0.15, 0.2) is 78.0 Å². The first kappa shape index (κ1) is 24.3. The van der Waals surface area contributed by atoms with Gasteiger partial charge in [0, 0.05) is 57.7 Å². The molecule has 180 valence electrons. The lowest BCUT2D eigenvalue weighted by Gasteiger charge is -2.39. The van der Waals surface area contributed by atoms with Crippen LogP contribution in [0.25, 0.3) is 0 Å². The molecule has 4 rings (SSSR count). The number of methoxy groups -OCH3 is 1. The molecule has 0 spiro atoms. The predicted octanol–water partition coefficient (Wildman–Crippen LogP) is 3.24. The van der Waals surface area contributed by atoms with Crippen molar-refractivity contribution in [2.45, 2.75) is 24.4 Å². The highest BCUT2D eigenvalue weighted by Gasteiger charge is 2.27. The summed E-state index contributed by atoms with van der Waals surface area (Å²) in [6.45, 7) is 6.61. The first-order valence-corrected chi connectivity index (χ1v) is 13.0. The first-order chi connectivity index (χ1) is 16.5. The summed E-state index contributed by atoms with van der Waals surface area (Å²) in [4.78, 5) is 9.30. The summed E-state index contributed by atoms with van der Waals surface area (Å²) in [6.07, 6.45) is 3.56. The Morgan fingerprint density at radius 3 is 2.44 bits per heavy atom. The first-order valence-electron chi connectivity index (χ1n) is 11.5. The van der Waals surface area contributed by atoms with E-state index in [1.807, 2.05) is 31.3 Å². The van der Waals surface area contributed by atoms with Crippen molar-refractivity contribution >= 4 is 10.0 Å². The smallest absolute Gasteiger partial charge is 0.240 e. The molecule has 1 atom stereocenters. The number of piperazine rings is 1. The van der Waals surface area contributed by atoms with Gasteiger partial charge in [-0.1, -0.05) is 36.4 Å². The minimum Gasteiger partial charge on any atom is -0.496 e. The number of nitrogens with one attached hydrogen (secondary N) is 1. The van der Waals surface area contributed by atoms with Crippen LogP contribution in [0.4, 0.5) is 0 Å². The van der Waals surface area contributed by atoms with Gasteiger partial charge in [-0.05, 0) is 47.9 Å². The minimum absolute atomic E-state index is 0.0957. The van der Waals surface area contributed by atoms with Gasteiger partial charge in [-0.3, -0.25) is 14.8 Å². The van der Waals surface area contributed by atoms with E-state index in [0.29, 0.717) is 5.75 Å². The fourth-order valence-corrected chi connectivity index (χ4v) is 5.52. The zero-order valence-corrected chi connectivity index (χ0v) is 20.5. The summed E-state index contributed by atoms with van der Waals surface area (Å²) in [5.41, 5.74) is 3.10. The topological polar surface area (TPSA) is 74.8 Å². The number of aromatic nitrogens is 1. The molecule has 1 N–H and O–H groups in total. The molecule has 0 saturated carbocycles. The molecule has 2 heterocycles. The van der Waals surface area contributed by atoms with E-state index in [-0.39, 0.29) is 17.5 Å². The van der Waals surface area contributed by atoms with Gasteiger partial charge in [-0.25, -0.2) is 13.1 Å². The van der Waals surface area contributed by atoms with Crippen molar-refractivity contribution in [1.82, 2.24) is 19.5 Å². The summed E-state index contributed by atoms with van der Waals surface area (Å²) < 4.78 is 34.2. The van der Waals surface area contributed by atoms with Crippen LogP contribution in [0.2, 0.25) is 0 Å². The van der Waals surface area contributed by atoms with E-state index < -0.39 is 10.0 Å². The van der Waals surface area contributed by atoms with Crippen molar-refractivity contribution in [3.05, 3.63) is 89.7 Å². The number of rotatable bonds is 9. The van der Waals surface area contributed by atoms with Crippen LogP contribution < -0.4 is 9.46 Å². The van der Waals surface area contributed by atoms with Crippen molar-refractivity contribution < 1.29 is 13.2 Å². The third-order valence-electron chi connectivity index (χ3n) is 6.31. The van der Waals surface area contributed by atoms with Gasteiger partial charge >= 0.3 is 0 Å². The molecule has 7 nitrogen and oxygen atoms in total. The molecule has 0 aliphatic carbocycles. The second-order valence-electron chi connectivity index (χ2n) is 8.58. The number of benzene rings is 2. The van der Waals surface area contributed by atoms with Crippen LogP contribution in [0.1, 0.15) is 22.7 Å². The Hall–Kier alpha value is -2.78. The number of hydrogen-bond donors (Lipinski definition) is 1. The molecular formula is C26H32N4O3S. The minimum atomic E-state index is -3.66. The molecule has 1 fully saturated rings. The fraction of sp³-hybridized carbons (Fsp3) is 0.346. The monoisotopic (exact) mass is 480 g/mol. The molecule has 3 aromatic rings. The molecule has 1 saturated heterocycles. The largest absolute Gasteiger partial charge is 0.496 e. The summed E-state index contributed by atoms with van der Waals surface area (Å²) in [5.74, 6) is 0.667. The van der Waals surface area contributed by atoms with Gasteiger partial charge in [0.2, 0.25) is 10.0 Å². The second-order valence-corrected chi connectivity index (χ2v) is 10.4. The molecule has 1 aliphatic heterocycles. The predicted molar refractivity (Wildman–Crippen MR) is 133 cm³/mol. The number of hydrogen-bond acceptors (Lipinski definition) is 6. The zero-order chi connectivity index (χ0) is 24.0. The van der Waals surface area contributed by atoms with Crippen LogP contribution in [-0.2, 0) is 16.6 Å². The summed E-state index contributed by atoms with van der Waals surface area (Å²) in [7, 11) is -2.09. The van der Waals surface area contributed by atoms with Crippen molar-refractivity contribution in [2.75, 3.05) is 39.8 Å². The number of aryl methyl sites for hydroxylation is 1. The van der Waals surface area contributed by atoms with Crippen molar-refractivity contribution in [1.29, 1.82) is 0 Å². The standard InChI is InChI=1S/C26H32N4O3S/c1-21-17-24(10-11-26(21)33-2)34(31,32)28-19-25(23-9-6-12-27-18-23)30-15-13-29(14-16-30)20-22-7-4-3-5-8-22/h3-12,17-18,25,28H,13-16,19-20H2,1-2H3/t25-/m0/s1. The lowest BCUT2D eigenvalue weighted by molar-refractivity contribution is 0.0927.